The molecule has 1 aromatic carbocycles. The van der Waals surface area contributed by atoms with Crippen LogP contribution in [0.3, 0.4) is 0 Å². The predicted molar refractivity (Wildman–Crippen MR) is 119 cm³/mol. The van der Waals surface area contributed by atoms with E-state index in [9.17, 15) is 9.90 Å². The summed E-state index contributed by atoms with van der Waals surface area (Å²) in [5, 5.41) is 19.9. The zero-order chi connectivity index (χ0) is 22.0. The number of rotatable bonds is 4. The fourth-order valence-electron chi connectivity index (χ4n) is 5.08. The van der Waals surface area contributed by atoms with Gasteiger partial charge in [0.25, 0.3) is 6.47 Å². The normalized spacial score (nSPS) is 25.6. The molecule has 7 nitrogen and oxygen atoms in total. The van der Waals surface area contributed by atoms with Gasteiger partial charge in [0.05, 0.1) is 34.4 Å². The van der Waals surface area contributed by atoms with Crippen molar-refractivity contribution in [3.63, 3.8) is 0 Å². The number of likely N-dealkylation sites (tertiary alicyclic amines) is 1. The SMILES string of the molecule is CC(=O)c1cc(CN2C[C@H]3C[C@@H](n4cnc5ccccc54)[C@H](O)C[C@H]3C2)cs1.O=CO. The standard InChI is InChI=1S/C22H25N3O2S.CH2O2/c1-14(26)22-6-15(12-28-22)9-24-10-16-7-20(21(27)8-17(16)11-24)25-13-23-18-4-2-3-5-19(18)25;2-1-3/h2-6,12-13,16-17,20-21,27H,7-11H2,1H3;1H,(H,2,3)/t16-,17+,20-,21-;/m1./s1. The second-order valence-corrected chi connectivity index (χ2v) is 9.35. The summed E-state index contributed by atoms with van der Waals surface area (Å²) in [5.41, 5.74) is 3.32. The fourth-order valence-corrected chi connectivity index (χ4v) is 5.88. The van der Waals surface area contributed by atoms with Gasteiger partial charge in [-0.2, -0.15) is 0 Å². The van der Waals surface area contributed by atoms with Gasteiger partial charge in [-0.3, -0.25) is 14.5 Å². The third kappa shape index (κ3) is 4.56. The third-order valence-electron chi connectivity index (χ3n) is 6.43. The summed E-state index contributed by atoms with van der Waals surface area (Å²) in [7, 11) is 0. The van der Waals surface area contributed by atoms with E-state index in [1.807, 2.05) is 30.6 Å². The minimum atomic E-state index is -0.329. The van der Waals surface area contributed by atoms with Gasteiger partial charge in [0.2, 0.25) is 0 Å². The highest BCUT2D eigenvalue weighted by Crippen LogP contribution is 2.42. The number of carbonyl (C=O) groups is 2. The van der Waals surface area contributed by atoms with Crippen LogP contribution in [-0.2, 0) is 11.3 Å². The third-order valence-corrected chi connectivity index (χ3v) is 7.51. The predicted octanol–water partition coefficient (Wildman–Crippen LogP) is 3.45. The highest BCUT2D eigenvalue weighted by atomic mass is 32.1. The average Bonchev–Trinajstić information content (AvgIpc) is 3.46. The molecule has 0 radical (unpaired) electrons. The molecule has 2 N–H and O–H groups in total. The van der Waals surface area contributed by atoms with Gasteiger partial charge < -0.3 is 14.8 Å². The maximum atomic E-state index is 11.5. The highest BCUT2D eigenvalue weighted by molar-refractivity contribution is 7.12. The molecule has 3 aromatic rings. The molecule has 31 heavy (non-hydrogen) atoms. The number of hydrogen-bond donors (Lipinski definition) is 2. The summed E-state index contributed by atoms with van der Waals surface area (Å²) < 4.78 is 2.18. The zero-order valence-electron chi connectivity index (χ0n) is 17.4. The Morgan fingerprint density at radius 1 is 1.26 bits per heavy atom. The van der Waals surface area contributed by atoms with Crippen molar-refractivity contribution in [1.82, 2.24) is 14.5 Å². The molecule has 3 heterocycles. The fraction of sp³-hybridized carbons (Fsp3) is 0.435. The van der Waals surface area contributed by atoms with Gasteiger partial charge in [-0.05, 0) is 60.7 Å². The number of aliphatic hydroxyl groups is 1. The lowest BCUT2D eigenvalue weighted by atomic mass is 9.77. The molecule has 1 aliphatic carbocycles. The van der Waals surface area contributed by atoms with Gasteiger partial charge in [-0.15, -0.1) is 11.3 Å². The van der Waals surface area contributed by atoms with Crippen LogP contribution in [0.25, 0.3) is 11.0 Å². The van der Waals surface area contributed by atoms with Crippen LogP contribution < -0.4 is 0 Å². The van der Waals surface area contributed by atoms with E-state index in [4.69, 9.17) is 9.90 Å². The number of carbonyl (C=O) groups excluding carboxylic acids is 1. The molecule has 0 bridgehead atoms. The number of para-hydroxylation sites is 2. The Morgan fingerprint density at radius 3 is 2.68 bits per heavy atom. The lowest BCUT2D eigenvalue weighted by Gasteiger charge is -2.36. The second kappa shape index (κ2) is 9.30. The summed E-state index contributed by atoms with van der Waals surface area (Å²) in [6.07, 6.45) is 3.40. The molecule has 8 heteroatoms. The topological polar surface area (TPSA) is 95.7 Å². The van der Waals surface area contributed by atoms with Crippen molar-refractivity contribution in [2.75, 3.05) is 13.1 Å². The van der Waals surface area contributed by atoms with Gasteiger partial charge in [0.15, 0.2) is 5.78 Å². The molecule has 0 unspecified atom stereocenters. The molecule has 1 saturated heterocycles. The Balaban J connectivity index is 0.000000730. The number of aromatic nitrogens is 2. The first-order valence-electron chi connectivity index (χ1n) is 10.5. The maximum Gasteiger partial charge on any atom is 0.290 e. The van der Waals surface area contributed by atoms with Crippen molar-refractivity contribution < 1.29 is 19.8 Å². The van der Waals surface area contributed by atoms with Crippen molar-refractivity contribution in [3.05, 3.63) is 52.5 Å². The first-order chi connectivity index (χ1) is 15.0. The van der Waals surface area contributed by atoms with E-state index in [1.165, 1.54) is 5.56 Å². The van der Waals surface area contributed by atoms with Gasteiger partial charge in [0.1, 0.15) is 0 Å². The van der Waals surface area contributed by atoms with E-state index < -0.39 is 0 Å². The van der Waals surface area contributed by atoms with E-state index in [0.29, 0.717) is 11.8 Å². The van der Waals surface area contributed by atoms with E-state index in [0.717, 1.165) is 48.4 Å². The number of thiophene rings is 1. The molecule has 1 aliphatic heterocycles. The Kier molecular flexibility index (Phi) is 6.50. The van der Waals surface area contributed by atoms with Crippen LogP contribution in [0.2, 0.25) is 0 Å². The number of Topliss-reactive ketones (excluding diaryl/α,β-unsaturated/α-hetero) is 1. The first kappa shape index (κ1) is 21.7. The summed E-state index contributed by atoms with van der Waals surface area (Å²) in [5.74, 6) is 1.29. The van der Waals surface area contributed by atoms with Crippen LogP contribution in [0.4, 0.5) is 0 Å². The van der Waals surface area contributed by atoms with Crippen LogP contribution in [0, 0.1) is 11.8 Å². The van der Waals surface area contributed by atoms with Gasteiger partial charge in [0, 0.05) is 19.6 Å². The number of imidazole rings is 1. The van der Waals surface area contributed by atoms with Crippen molar-refractivity contribution in [2.45, 2.75) is 38.5 Å². The average molecular weight is 442 g/mol. The maximum absolute atomic E-state index is 11.5. The van der Waals surface area contributed by atoms with Crippen LogP contribution >= 0.6 is 11.3 Å². The largest absolute Gasteiger partial charge is 0.483 e. The van der Waals surface area contributed by atoms with Crippen molar-refractivity contribution in [3.8, 4) is 0 Å². The molecular formula is C23H27N3O4S. The lowest BCUT2D eigenvalue weighted by Crippen LogP contribution is -2.36. The van der Waals surface area contributed by atoms with Crippen molar-refractivity contribution >= 4 is 34.6 Å². The van der Waals surface area contributed by atoms with E-state index in [2.05, 4.69) is 25.9 Å². The molecule has 164 valence electrons. The number of ketones is 1. The number of fused-ring (bicyclic) bond motifs is 2. The molecule has 2 aliphatic rings. The lowest BCUT2D eigenvalue weighted by molar-refractivity contribution is -0.122. The van der Waals surface area contributed by atoms with Crippen LogP contribution in [0.15, 0.2) is 42.0 Å². The Morgan fingerprint density at radius 2 is 1.97 bits per heavy atom. The van der Waals surface area contributed by atoms with E-state index in [1.54, 1.807) is 18.3 Å². The Labute approximate surface area is 184 Å². The molecule has 1 saturated carbocycles. The zero-order valence-corrected chi connectivity index (χ0v) is 18.2. The molecular weight excluding hydrogens is 414 g/mol. The molecule has 0 amide bonds. The molecule has 5 rings (SSSR count). The number of carboxylic acid groups (broad SMARTS) is 1. The molecule has 4 atom stereocenters. The van der Waals surface area contributed by atoms with E-state index in [-0.39, 0.29) is 24.4 Å². The molecule has 0 spiro atoms. The number of aliphatic hydroxyl groups excluding tert-OH is 1. The minimum absolute atomic E-state index is 0.0964. The van der Waals surface area contributed by atoms with E-state index >= 15 is 0 Å². The van der Waals surface area contributed by atoms with Crippen LogP contribution in [0.1, 0.15) is 41.0 Å². The Hall–Kier alpha value is -2.55. The second-order valence-electron chi connectivity index (χ2n) is 8.44. The summed E-state index contributed by atoms with van der Waals surface area (Å²) in [4.78, 5) is 27.7. The molecule has 2 aromatic heterocycles. The van der Waals surface area contributed by atoms with Gasteiger partial charge in [-0.25, -0.2) is 4.98 Å². The first-order valence-corrected chi connectivity index (χ1v) is 11.4. The number of nitrogens with zero attached hydrogens (tertiary/aromatic N) is 3. The van der Waals surface area contributed by atoms with Gasteiger partial charge >= 0.3 is 0 Å². The van der Waals surface area contributed by atoms with Crippen LogP contribution in [-0.4, -0.2) is 56.1 Å². The van der Waals surface area contributed by atoms with Crippen LogP contribution in [0.5, 0.6) is 0 Å². The highest BCUT2D eigenvalue weighted by Gasteiger charge is 2.42. The molecule has 2 fully saturated rings. The summed E-state index contributed by atoms with van der Waals surface area (Å²) in [6.45, 7) is 4.36. The quantitative estimate of drug-likeness (QED) is 0.476. The van der Waals surface area contributed by atoms with Crippen molar-refractivity contribution in [1.29, 1.82) is 0 Å². The minimum Gasteiger partial charge on any atom is -0.483 e. The smallest absolute Gasteiger partial charge is 0.290 e. The monoisotopic (exact) mass is 441 g/mol. The summed E-state index contributed by atoms with van der Waals surface area (Å²) in [6, 6.07) is 10.3. The number of benzene rings is 1. The van der Waals surface area contributed by atoms with Crippen molar-refractivity contribution in [2.24, 2.45) is 11.8 Å². The Bertz CT molecular complexity index is 1060. The number of hydrogen-bond acceptors (Lipinski definition) is 6. The summed E-state index contributed by atoms with van der Waals surface area (Å²) >= 11 is 1.54. The van der Waals surface area contributed by atoms with Gasteiger partial charge in [-0.1, -0.05) is 12.1 Å².